The van der Waals surface area contributed by atoms with Gasteiger partial charge >= 0.3 is 5.97 Å². The van der Waals surface area contributed by atoms with Gasteiger partial charge in [0.05, 0.1) is 13.0 Å². The molecular formula is C9H17O4P. The summed E-state index contributed by atoms with van der Waals surface area (Å²) in [7, 11) is -2.75. The molecule has 0 aromatic heterocycles. The molecule has 0 amide bonds. The van der Waals surface area contributed by atoms with E-state index in [0.29, 0.717) is 6.16 Å². The first-order valence-corrected chi connectivity index (χ1v) is 6.48. The highest BCUT2D eigenvalue weighted by Gasteiger charge is 2.21. The van der Waals surface area contributed by atoms with E-state index in [2.05, 4.69) is 6.58 Å². The van der Waals surface area contributed by atoms with E-state index in [-0.39, 0.29) is 19.2 Å². The van der Waals surface area contributed by atoms with Crippen molar-refractivity contribution in [1.82, 2.24) is 0 Å². The summed E-state index contributed by atoms with van der Waals surface area (Å²) < 4.78 is 17.0. The zero-order chi connectivity index (χ0) is 11.2. The summed E-state index contributed by atoms with van der Waals surface area (Å²) in [4.78, 5) is 10.3. The van der Waals surface area contributed by atoms with Gasteiger partial charge in [0.15, 0.2) is 0 Å². The largest absolute Gasteiger partial charge is 0.481 e. The van der Waals surface area contributed by atoms with Crippen LogP contribution in [0.4, 0.5) is 0 Å². The van der Waals surface area contributed by atoms with E-state index in [1.807, 2.05) is 0 Å². The molecule has 0 aliphatic rings. The molecule has 0 radical (unpaired) electrons. The molecular weight excluding hydrogens is 203 g/mol. The Balaban J connectivity index is 4.11. The predicted octanol–water partition coefficient (Wildman–Crippen LogP) is 2.35. The lowest BCUT2D eigenvalue weighted by Gasteiger charge is -2.15. The van der Waals surface area contributed by atoms with E-state index >= 15 is 0 Å². The molecule has 1 unspecified atom stereocenters. The highest BCUT2D eigenvalue weighted by molar-refractivity contribution is 7.58. The van der Waals surface area contributed by atoms with Crippen LogP contribution in [0.25, 0.3) is 0 Å². The topological polar surface area (TPSA) is 63.6 Å². The summed E-state index contributed by atoms with van der Waals surface area (Å²) in [6.07, 6.45) is 0.362. The molecule has 1 N–H and O–H groups in total. The Morgan fingerprint density at radius 1 is 1.57 bits per heavy atom. The molecule has 0 aliphatic heterocycles. The van der Waals surface area contributed by atoms with Crippen molar-refractivity contribution in [1.29, 1.82) is 0 Å². The minimum atomic E-state index is -2.75. The fourth-order valence-electron chi connectivity index (χ4n) is 0.808. The zero-order valence-electron chi connectivity index (χ0n) is 8.65. The van der Waals surface area contributed by atoms with Gasteiger partial charge < -0.3 is 9.63 Å². The minimum Gasteiger partial charge on any atom is -0.481 e. The number of rotatable bonds is 7. The standard InChI is InChI=1S/C9H17O4P/c1-4-14(12,6-5-9(10)11)13-7-8(2)3/h2,4-7H2,1,3H3,(H,10,11). The van der Waals surface area contributed by atoms with Gasteiger partial charge in [0.1, 0.15) is 0 Å². The molecule has 0 aliphatic carbocycles. The van der Waals surface area contributed by atoms with Crippen molar-refractivity contribution in [3.05, 3.63) is 12.2 Å². The molecule has 0 aromatic carbocycles. The highest BCUT2D eigenvalue weighted by atomic mass is 31.2. The summed E-state index contributed by atoms with van der Waals surface area (Å²) in [6, 6.07) is 0. The maximum Gasteiger partial charge on any atom is 0.303 e. The molecule has 4 nitrogen and oxygen atoms in total. The van der Waals surface area contributed by atoms with Crippen molar-refractivity contribution < 1.29 is 19.0 Å². The Morgan fingerprint density at radius 3 is 2.50 bits per heavy atom. The van der Waals surface area contributed by atoms with Crippen molar-refractivity contribution in [2.45, 2.75) is 20.3 Å². The Hall–Kier alpha value is -0.600. The minimum absolute atomic E-state index is 0.103. The van der Waals surface area contributed by atoms with E-state index in [4.69, 9.17) is 9.63 Å². The molecule has 0 saturated heterocycles. The lowest BCUT2D eigenvalue weighted by atomic mass is 10.4. The number of carboxylic acid groups (broad SMARTS) is 1. The van der Waals surface area contributed by atoms with E-state index in [1.165, 1.54) is 0 Å². The molecule has 82 valence electrons. The molecule has 0 aromatic rings. The Kier molecular flexibility index (Phi) is 5.73. The highest BCUT2D eigenvalue weighted by Crippen LogP contribution is 2.47. The molecule has 0 fully saturated rings. The molecule has 0 heterocycles. The molecule has 0 spiro atoms. The summed E-state index contributed by atoms with van der Waals surface area (Å²) in [6.45, 7) is 7.38. The van der Waals surface area contributed by atoms with Gasteiger partial charge in [0, 0.05) is 12.3 Å². The predicted molar refractivity (Wildman–Crippen MR) is 56.0 cm³/mol. The van der Waals surface area contributed by atoms with Crippen LogP contribution < -0.4 is 0 Å². The van der Waals surface area contributed by atoms with Gasteiger partial charge in [-0.2, -0.15) is 0 Å². The Morgan fingerprint density at radius 2 is 2.14 bits per heavy atom. The first kappa shape index (κ1) is 13.4. The smallest absolute Gasteiger partial charge is 0.303 e. The second-order valence-electron chi connectivity index (χ2n) is 3.23. The average Bonchev–Trinajstić information content (AvgIpc) is 2.11. The molecule has 0 saturated carbocycles. The number of hydrogen-bond acceptors (Lipinski definition) is 3. The fourth-order valence-corrected chi connectivity index (χ4v) is 2.42. The quantitative estimate of drug-likeness (QED) is 0.528. The summed E-state index contributed by atoms with van der Waals surface area (Å²) >= 11 is 0. The normalized spacial score (nSPS) is 14.7. The summed E-state index contributed by atoms with van der Waals surface area (Å²) in [5, 5.41) is 8.46. The monoisotopic (exact) mass is 220 g/mol. The van der Waals surface area contributed by atoms with Gasteiger partial charge in [-0.3, -0.25) is 9.36 Å². The lowest BCUT2D eigenvalue weighted by molar-refractivity contribution is -0.136. The van der Waals surface area contributed by atoms with Crippen LogP contribution in [-0.4, -0.2) is 30.0 Å². The van der Waals surface area contributed by atoms with E-state index < -0.39 is 13.3 Å². The van der Waals surface area contributed by atoms with Crippen molar-refractivity contribution >= 4 is 13.3 Å². The number of aliphatic carboxylic acids is 1. The summed E-state index contributed by atoms with van der Waals surface area (Å²) in [5.74, 6) is -0.947. The van der Waals surface area contributed by atoms with Gasteiger partial charge in [-0.05, 0) is 6.92 Å². The van der Waals surface area contributed by atoms with Crippen LogP contribution in [0.15, 0.2) is 12.2 Å². The zero-order valence-corrected chi connectivity index (χ0v) is 9.55. The van der Waals surface area contributed by atoms with Crippen LogP contribution in [0, 0.1) is 0 Å². The molecule has 1 atom stereocenters. The van der Waals surface area contributed by atoms with Gasteiger partial charge in [-0.25, -0.2) is 0 Å². The third-order valence-electron chi connectivity index (χ3n) is 1.69. The van der Waals surface area contributed by atoms with Gasteiger partial charge in [-0.15, -0.1) is 0 Å². The van der Waals surface area contributed by atoms with Crippen molar-refractivity contribution in [2.24, 2.45) is 0 Å². The van der Waals surface area contributed by atoms with Crippen LogP contribution in [-0.2, 0) is 13.9 Å². The summed E-state index contributed by atoms with van der Waals surface area (Å²) in [5.41, 5.74) is 0.786. The third-order valence-corrected chi connectivity index (χ3v) is 4.16. The number of hydrogen-bond donors (Lipinski definition) is 1. The van der Waals surface area contributed by atoms with E-state index in [1.54, 1.807) is 13.8 Å². The molecule has 0 rings (SSSR count). The Bertz CT molecular complexity index is 238. The molecule has 5 heteroatoms. The molecule has 0 bridgehead atoms. The van der Waals surface area contributed by atoms with Crippen LogP contribution in [0.3, 0.4) is 0 Å². The van der Waals surface area contributed by atoms with Crippen LogP contribution in [0.1, 0.15) is 20.3 Å². The van der Waals surface area contributed by atoms with Gasteiger partial charge in [0.2, 0.25) is 7.37 Å². The van der Waals surface area contributed by atoms with E-state index in [0.717, 1.165) is 5.57 Å². The first-order chi connectivity index (χ1) is 6.39. The van der Waals surface area contributed by atoms with E-state index in [9.17, 15) is 9.36 Å². The van der Waals surface area contributed by atoms with Crippen molar-refractivity contribution in [3.8, 4) is 0 Å². The first-order valence-electron chi connectivity index (χ1n) is 4.48. The fraction of sp³-hybridized carbons (Fsp3) is 0.667. The van der Waals surface area contributed by atoms with Gasteiger partial charge in [-0.1, -0.05) is 19.1 Å². The maximum atomic E-state index is 11.9. The number of carboxylic acids is 1. The van der Waals surface area contributed by atoms with Crippen molar-refractivity contribution in [3.63, 3.8) is 0 Å². The van der Waals surface area contributed by atoms with Gasteiger partial charge in [0.25, 0.3) is 0 Å². The van der Waals surface area contributed by atoms with Crippen LogP contribution in [0.2, 0.25) is 0 Å². The number of carbonyl (C=O) groups is 1. The SMILES string of the molecule is C=C(C)COP(=O)(CC)CCC(=O)O. The second-order valence-corrected chi connectivity index (χ2v) is 6.20. The maximum absolute atomic E-state index is 11.9. The van der Waals surface area contributed by atoms with Crippen molar-refractivity contribution in [2.75, 3.05) is 18.9 Å². The third kappa shape index (κ3) is 5.95. The second kappa shape index (κ2) is 5.99. The lowest BCUT2D eigenvalue weighted by Crippen LogP contribution is -2.05. The van der Waals surface area contributed by atoms with Crippen LogP contribution >= 0.6 is 7.37 Å². The van der Waals surface area contributed by atoms with Crippen LogP contribution in [0.5, 0.6) is 0 Å². The average molecular weight is 220 g/mol. The molecule has 14 heavy (non-hydrogen) atoms. The Labute approximate surface area is 84.4 Å².